The van der Waals surface area contributed by atoms with Crippen molar-refractivity contribution < 1.29 is 26.7 Å². The first-order valence-electron chi connectivity index (χ1n) is 10.4. The van der Waals surface area contributed by atoms with Gasteiger partial charge in [-0.15, -0.1) is 0 Å². The molecule has 178 valence electrons. The maximum atomic E-state index is 12.8. The number of carboxylic acid groups (broad SMARTS) is 1. The maximum absolute atomic E-state index is 12.8. The van der Waals surface area contributed by atoms with Crippen molar-refractivity contribution in [3.63, 3.8) is 0 Å². The predicted octanol–water partition coefficient (Wildman–Crippen LogP) is 3.66. The number of sulfone groups is 1. The van der Waals surface area contributed by atoms with Crippen LogP contribution in [0.4, 0.5) is 5.69 Å². The van der Waals surface area contributed by atoms with Gasteiger partial charge in [-0.1, -0.05) is 54.1 Å². The van der Waals surface area contributed by atoms with E-state index < -0.39 is 25.8 Å². The van der Waals surface area contributed by atoms with Gasteiger partial charge in [-0.3, -0.25) is 4.72 Å². The summed E-state index contributed by atoms with van der Waals surface area (Å²) >= 11 is 0. The molecule has 0 amide bonds. The third kappa shape index (κ3) is 5.26. The van der Waals surface area contributed by atoms with Crippen LogP contribution in [0.5, 0.6) is 0 Å². The van der Waals surface area contributed by atoms with E-state index in [0.29, 0.717) is 11.1 Å². The van der Waals surface area contributed by atoms with Crippen molar-refractivity contribution in [2.24, 2.45) is 0 Å². The molecule has 0 aromatic heterocycles. The summed E-state index contributed by atoms with van der Waals surface area (Å²) in [5.41, 5.74) is 2.33. The molecule has 1 N–H and O–H groups in total. The number of rotatable bonds is 7. The molecule has 35 heavy (non-hydrogen) atoms. The zero-order valence-electron chi connectivity index (χ0n) is 18.5. The highest BCUT2D eigenvalue weighted by molar-refractivity contribution is 7.92. The Morgan fingerprint density at radius 1 is 0.686 bits per heavy atom. The number of sulfonamides is 1. The van der Waals surface area contributed by atoms with Crippen molar-refractivity contribution in [2.75, 3.05) is 4.72 Å². The maximum Gasteiger partial charge on any atom is 0.261 e. The molecule has 0 aliphatic carbocycles. The first-order valence-corrected chi connectivity index (χ1v) is 13.4. The average Bonchev–Trinajstić information content (AvgIpc) is 2.84. The molecule has 4 aromatic carbocycles. The molecular formula is C26H20NO6S2-. The first-order chi connectivity index (χ1) is 16.6. The van der Waals surface area contributed by atoms with Crippen molar-refractivity contribution in [1.29, 1.82) is 0 Å². The van der Waals surface area contributed by atoms with Crippen molar-refractivity contribution in [2.45, 2.75) is 21.6 Å². The first kappa shape index (κ1) is 24.2. The summed E-state index contributed by atoms with van der Waals surface area (Å²) in [5.74, 6) is -1.41. The summed E-state index contributed by atoms with van der Waals surface area (Å²) in [6, 6.07) is 24.3. The second kappa shape index (κ2) is 9.36. The molecule has 9 heteroatoms. The topological polar surface area (TPSA) is 120 Å². The van der Waals surface area contributed by atoms with E-state index in [1.54, 1.807) is 48.5 Å². The zero-order chi connectivity index (χ0) is 25.2. The highest BCUT2D eigenvalue weighted by Crippen LogP contribution is 2.27. The molecule has 0 saturated heterocycles. The van der Waals surface area contributed by atoms with Gasteiger partial charge < -0.3 is 9.90 Å². The fraction of sp³-hybridized carbons (Fsp3) is 0.0385. The zero-order valence-corrected chi connectivity index (χ0v) is 20.1. The van der Waals surface area contributed by atoms with E-state index in [1.807, 2.05) is 6.92 Å². The minimum Gasteiger partial charge on any atom is -0.545 e. The number of carbonyl (C=O) groups excluding carboxylic acids is 1. The summed E-state index contributed by atoms with van der Waals surface area (Å²) in [4.78, 5) is 11.4. The van der Waals surface area contributed by atoms with E-state index in [4.69, 9.17) is 0 Å². The van der Waals surface area contributed by atoms with Crippen LogP contribution in [0.1, 0.15) is 15.9 Å². The number of benzene rings is 4. The summed E-state index contributed by atoms with van der Waals surface area (Å²) < 4.78 is 53.4. The number of hydrogen-bond acceptors (Lipinski definition) is 6. The SMILES string of the molecule is Cc1ccc(S(=O)(=O)c2ccc(-c3ccc(S(=O)(=O)Nc4cccc(C(=O)[O-])c4)cc3)cc2)cc1. The van der Waals surface area contributed by atoms with E-state index >= 15 is 0 Å². The van der Waals surface area contributed by atoms with Gasteiger partial charge >= 0.3 is 0 Å². The van der Waals surface area contributed by atoms with Crippen LogP contribution in [0.2, 0.25) is 0 Å². The van der Waals surface area contributed by atoms with Gasteiger partial charge in [-0.05, 0) is 72.1 Å². The van der Waals surface area contributed by atoms with Crippen LogP contribution < -0.4 is 9.83 Å². The monoisotopic (exact) mass is 506 g/mol. The summed E-state index contributed by atoms with van der Waals surface area (Å²) in [6.07, 6.45) is 0. The van der Waals surface area contributed by atoms with Gasteiger partial charge in [0.15, 0.2) is 0 Å². The van der Waals surface area contributed by atoms with Crippen LogP contribution in [-0.2, 0) is 19.9 Å². The van der Waals surface area contributed by atoms with Crippen LogP contribution in [0, 0.1) is 6.92 Å². The molecule has 0 unspecified atom stereocenters. The number of nitrogens with one attached hydrogen (secondary N) is 1. The van der Waals surface area contributed by atoms with E-state index in [0.717, 1.165) is 5.56 Å². The van der Waals surface area contributed by atoms with Crippen LogP contribution >= 0.6 is 0 Å². The van der Waals surface area contributed by atoms with Crippen LogP contribution in [0.25, 0.3) is 11.1 Å². The average molecular weight is 507 g/mol. The Labute approximate surface area is 203 Å². The molecular weight excluding hydrogens is 486 g/mol. The van der Waals surface area contributed by atoms with Gasteiger partial charge in [0.1, 0.15) is 0 Å². The number of aryl methyl sites for hydroxylation is 1. The second-order valence-electron chi connectivity index (χ2n) is 7.84. The largest absolute Gasteiger partial charge is 0.545 e. The summed E-state index contributed by atoms with van der Waals surface area (Å²) in [5, 5.41) is 11.0. The molecule has 0 radical (unpaired) electrons. The standard InChI is InChI=1S/C26H21NO6S2/c1-18-5-11-23(12-6-18)34(30,31)24-13-7-19(8-14-24)20-9-15-25(16-10-20)35(32,33)27-22-4-2-3-21(17-22)26(28)29/h2-17,27H,1H3,(H,28,29)/p-1. The molecule has 0 saturated carbocycles. The Bertz CT molecular complexity index is 1590. The number of carbonyl (C=O) groups is 1. The molecule has 0 bridgehead atoms. The van der Waals surface area contributed by atoms with Crippen molar-refractivity contribution >= 4 is 31.5 Å². The molecule has 0 atom stereocenters. The lowest BCUT2D eigenvalue weighted by atomic mass is 10.1. The van der Waals surface area contributed by atoms with Crippen molar-refractivity contribution in [3.05, 3.63) is 108 Å². The van der Waals surface area contributed by atoms with Gasteiger partial charge in [0, 0.05) is 5.69 Å². The van der Waals surface area contributed by atoms with Crippen LogP contribution in [-0.4, -0.2) is 22.8 Å². The van der Waals surface area contributed by atoms with Gasteiger partial charge in [0.05, 0.1) is 20.7 Å². The molecule has 4 aromatic rings. The fourth-order valence-electron chi connectivity index (χ4n) is 3.43. The third-order valence-electron chi connectivity index (χ3n) is 5.34. The molecule has 0 fully saturated rings. The Morgan fingerprint density at radius 2 is 1.17 bits per heavy atom. The molecule has 4 rings (SSSR count). The lowest BCUT2D eigenvalue weighted by Gasteiger charge is -2.11. The Morgan fingerprint density at radius 3 is 1.69 bits per heavy atom. The minimum absolute atomic E-state index is 0.0151. The van der Waals surface area contributed by atoms with E-state index in [2.05, 4.69) is 4.72 Å². The Hall–Kier alpha value is -3.95. The van der Waals surface area contributed by atoms with E-state index in [9.17, 15) is 26.7 Å². The lowest BCUT2D eigenvalue weighted by molar-refractivity contribution is -0.255. The second-order valence-corrected chi connectivity index (χ2v) is 11.5. The molecule has 0 heterocycles. The number of carboxylic acids is 1. The number of anilines is 1. The molecule has 0 aliphatic rings. The lowest BCUT2D eigenvalue weighted by Crippen LogP contribution is -2.22. The number of hydrogen-bond donors (Lipinski definition) is 1. The summed E-state index contributed by atoms with van der Waals surface area (Å²) in [6.45, 7) is 1.88. The van der Waals surface area contributed by atoms with Gasteiger partial charge in [0.2, 0.25) is 9.84 Å². The molecule has 0 spiro atoms. The van der Waals surface area contributed by atoms with Gasteiger partial charge in [-0.2, -0.15) is 0 Å². The Balaban J connectivity index is 1.54. The highest BCUT2D eigenvalue weighted by atomic mass is 32.2. The quantitative estimate of drug-likeness (QED) is 0.408. The van der Waals surface area contributed by atoms with E-state index in [-0.39, 0.29) is 25.9 Å². The van der Waals surface area contributed by atoms with E-state index in [1.165, 1.54) is 48.5 Å². The normalized spacial score (nSPS) is 11.7. The highest BCUT2D eigenvalue weighted by Gasteiger charge is 2.18. The minimum atomic E-state index is -3.96. The van der Waals surface area contributed by atoms with Crippen LogP contribution in [0.3, 0.4) is 0 Å². The summed E-state index contributed by atoms with van der Waals surface area (Å²) in [7, 11) is -7.60. The third-order valence-corrected chi connectivity index (χ3v) is 8.53. The smallest absolute Gasteiger partial charge is 0.261 e. The van der Waals surface area contributed by atoms with Gasteiger partial charge in [-0.25, -0.2) is 16.8 Å². The Kier molecular flexibility index (Phi) is 6.47. The van der Waals surface area contributed by atoms with Gasteiger partial charge in [0.25, 0.3) is 10.0 Å². The number of aromatic carboxylic acids is 1. The fourth-order valence-corrected chi connectivity index (χ4v) is 5.74. The predicted molar refractivity (Wildman–Crippen MR) is 130 cm³/mol. The van der Waals surface area contributed by atoms with Crippen molar-refractivity contribution in [1.82, 2.24) is 0 Å². The molecule has 0 aliphatic heterocycles. The van der Waals surface area contributed by atoms with Crippen molar-refractivity contribution in [3.8, 4) is 11.1 Å². The van der Waals surface area contributed by atoms with Crippen LogP contribution in [0.15, 0.2) is 112 Å². The molecule has 7 nitrogen and oxygen atoms in total.